The fourth-order valence-electron chi connectivity index (χ4n) is 4.15. The standard InChI is InChI=1S/C27H28N4O/c1-27(2,3)24-12-9-20(15-28)13-25(24)30-26(32)29-23-11-10-21-17-31(18-22(21)14-23)16-19-7-5-4-6-8-19/h4-14H,16-18H2,1-3H3,(H2,29,30,32). The Hall–Kier alpha value is -3.62. The van der Waals surface area contributed by atoms with Gasteiger partial charge in [0, 0.05) is 31.0 Å². The topological polar surface area (TPSA) is 68.2 Å². The molecule has 1 heterocycles. The molecule has 0 aromatic heterocycles. The summed E-state index contributed by atoms with van der Waals surface area (Å²) < 4.78 is 0. The Bertz CT molecular complexity index is 1170. The fourth-order valence-corrected chi connectivity index (χ4v) is 4.15. The van der Waals surface area contributed by atoms with Gasteiger partial charge in [0.25, 0.3) is 0 Å². The van der Waals surface area contributed by atoms with Crippen LogP contribution in [0.1, 0.15) is 48.6 Å². The van der Waals surface area contributed by atoms with Crippen molar-refractivity contribution in [3.8, 4) is 6.07 Å². The lowest BCUT2D eigenvalue weighted by molar-refractivity contribution is 0.262. The number of nitrogens with zero attached hydrogens (tertiary/aromatic N) is 2. The van der Waals surface area contributed by atoms with Crippen LogP contribution < -0.4 is 10.6 Å². The molecule has 0 fully saturated rings. The van der Waals surface area contributed by atoms with Crippen LogP contribution in [-0.2, 0) is 25.0 Å². The Morgan fingerprint density at radius 1 is 0.969 bits per heavy atom. The quantitative estimate of drug-likeness (QED) is 0.538. The van der Waals surface area contributed by atoms with E-state index >= 15 is 0 Å². The van der Waals surface area contributed by atoms with E-state index in [-0.39, 0.29) is 11.4 Å². The molecule has 3 aromatic rings. The number of fused-ring (bicyclic) bond motifs is 1. The predicted octanol–water partition coefficient (Wildman–Crippen LogP) is 6.02. The van der Waals surface area contributed by atoms with E-state index in [0.29, 0.717) is 11.3 Å². The highest BCUT2D eigenvalue weighted by atomic mass is 16.2. The molecule has 0 aliphatic carbocycles. The molecule has 0 spiro atoms. The second kappa shape index (κ2) is 8.86. The van der Waals surface area contributed by atoms with Gasteiger partial charge in [0.1, 0.15) is 0 Å². The van der Waals surface area contributed by atoms with Crippen molar-refractivity contribution in [2.75, 3.05) is 10.6 Å². The number of carbonyl (C=O) groups excluding carboxylic acids is 1. The Balaban J connectivity index is 1.44. The Morgan fingerprint density at radius 2 is 1.72 bits per heavy atom. The highest BCUT2D eigenvalue weighted by Gasteiger charge is 2.21. The molecule has 0 atom stereocenters. The molecule has 3 aromatic carbocycles. The van der Waals surface area contributed by atoms with Gasteiger partial charge in [0.05, 0.1) is 11.6 Å². The van der Waals surface area contributed by atoms with Crippen LogP contribution in [0, 0.1) is 11.3 Å². The molecule has 0 unspecified atom stereocenters. The van der Waals surface area contributed by atoms with Crippen LogP contribution in [0.25, 0.3) is 0 Å². The summed E-state index contributed by atoms with van der Waals surface area (Å²) in [5.41, 5.74) is 6.59. The van der Waals surface area contributed by atoms with Crippen molar-refractivity contribution < 1.29 is 4.79 Å². The van der Waals surface area contributed by atoms with Crippen LogP contribution in [0.3, 0.4) is 0 Å². The van der Waals surface area contributed by atoms with Crippen molar-refractivity contribution in [1.29, 1.82) is 5.26 Å². The third kappa shape index (κ3) is 4.99. The first-order chi connectivity index (χ1) is 15.3. The molecule has 1 aliphatic heterocycles. The van der Waals surface area contributed by atoms with Crippen LogP contribution in [0.2, 0.25) is 0 Å². The van der Waals surface area contributed by atoms with Crippen molar-refractivity contribution in [1.82, 2.24) is 4.90 Å². The number of carbonyl (C=O) groups is 1. The second-order valence-corrected chi connectivity index (χ2v) is 9.32. The van der Waals surface area contributed by atoms with Gasteiger partial charge in [0.15, 0.2) is 0 Å². The van der Waals surface area contributed by atoms with E-state index in [4.69, 9.17) is 0 Å². The van der Waals surface area contributed by atoms with Crippen molar-refractivity contribution in [3.63, 3.8) is 0 Å². The first kappa shape index (κ1) is 21.6. The lowest BCUT2D eigenvalue weighted by Gasteiger charge is -2.23. The molecular weight excluding hydrogens is 396 g/mol. The molecule has 162 valence electrons. The van der Waals surface area contributed by atoms with Gasteiger partial charge in [-0.1, -0.05) is 63.2 Å². The monoisotopic (exact) mass is 424 g/mol. The summed E-state index contributed by atoms with van der Waals surface area (Å²) >= 11 is 0. The van der Waals surface area contributed by atoms with Crippen molar-refractivity contribution in [2.45, 2.75) is 45.8 Å². The molecule has 0 radical (unpaired) electrons. The lowest BCUT2D eigenvalue weighted by Crippen LogP contribution is -2.23. The van der Waals surface area contributed by atoms with E-state index in [1.54, 1.807) is 12.1 Å². The van der Waals surface area contributed by atoms with Gasteiger partial charge in [-0.05, 0) is 51.9 Å². The maximum Gasteiger partial charge on any atom is 0.323 e. The molecule has 5 nitrogen and oxygen atoms in total. The minimum absolute atomic E-state index is 0.160. The molecule has 0 saturated carbocycles. The van der Waals surface area contributed by atoms with E-state index in [1.807, 2.05) is 18.2 Å². The Kier molecular flexibility index (Phi) is 5.98. The number of nitrogens with one attached hydrogen (secondary N) is 2. The molecule has 0 bridgehead atoms. The van der Waals surface area contributed by atoms with Gasteiger partial charge in [-0.25, -0.2) is 4.79 Å². The lowest BCUT2D eigenvalue weighted by atomic mass is 9.85. The minimum Gasteiger partial charge on any atom is -0.308 e. The van der Waals surface area contributed by atoms with E-state index in [2.05, 4.69) is 78.8 Å². The highest BCUT2D eigenvalue weighted by molar-refractivity contribution is 6.00. The van der Waals surface area contributed by atoms with Gasteiger partial charge in [-0.15, -0.1) is 0 Å². The number of hydrogen-bond acceptors (Lipinski definition) is 3. The maximum atomic E-state index is 12.8. The molecule has 32 heavy (non-hydrogen) atoms. The summed E-state index contributed by atoms with van der Waals surface area (Å²) in [5.74, 6) is 0. The maximum absolute atomic E-state index is 12.8. The normalized spacial score (nSPS) is 13.3. The second-order valence-electron chi connectivity index (χ2n) is 9.32. The number of amides is 2. The number of urea groups is 1. The molecule has 1 aliphatic rings. The van der Waals surface area contributed by atoms with Crippen LogP contribution >= 0.6 is 0 Å². The molecule has 2 N–H and O–H groups in total. The van der Waals surface area contributed by atoms with Gasteiger partial charge < -0.3 is 10.6 Å². The first-order valence-electron chi connectivity index (χ1n) is 10.8. The van der Waals surface area contributed by atoms with Crippen LogP contribution in [0.4, 0.5) is 16.2 Å². The molecule has 0 saturated heterocycles. The van der Waals surface area contributed by atoms with Crippen LogP contribution in [0.5, 0.6) is 0 Å². The summed E-state index contributed by atoms with van der Waals surface area (Å²) in [6.07, 6.45) is 0. The highest BCUT2D eigenvalue weighted by Crippen LogP contribution is 2.31. The number of anilines is 2. The largest absolute Gasteiger partial charge is 0.323 e. The summed E-state index contributed by atoms with van der Waals surface area (Å²) in [4.78, 5) is 15.1. The van der Waals surface area contributed by atoms with Gasteiger partial charge in [0.2, 0.25) is 0 Å². The van der Waals surface area contributed by atoms with E-state index < -0.39 is 0 Å². The van der Waals surface area contributed by atoms with Gasteiger partial charge >= 0.3 is 6.03 Å². The zero-order chi connectivity index (χ0) is 22.7. The zero-order valence-electron chi connectivity index (χ0n) is 18.8. The first-order valence-corrected chi connectivity index (χ1v) is 10.8. The van der Waals surface area contributed by atoms with E-state index in [0.717, 1.165) is 30.9 Å². The van der Waals surface area contributed by atoms with Crippen molar-refractivity contribution in [3.05, 3.63) is 94.5 Å². The summed E-state index contributed by atoms with van der Waals surface area (Å²) in [7, 11) is 0. The van der Waals surface area contributed by atoms with E-state index in [9.17, 15) is 10.1 Å². The number of nitriles is 1. The number of rotatable bonds is 4. The van der Waals surface area contributed by atoms with Gasteiger partial charge in [-0.3, -0.25) is 4.90 Å². The average Bonchev–Trinajstić information content (AvgIpc) is 3.15. The fraction of sp³-hybridized carbons (Fsp3) is 0.259. The SMILES string of the molecule is CC(C)(C)c1ccc(C#N)cc1NC(=O)Nc1ccc2c(c1)CN(Cc1ccccc1)C2. The van der Waals surface area contributed by atoms with Gasteiger partial charge in [-0.2, -0.15) is 5.26 Å². The number of hydrogen-bond donors (Lipinski definition) is 2. The zero-order valence-corrected chi connectivity index (χ0v) is 18.8. The van der Waals surface area contributed by atoms with Crippen LogP contribution in [0.15, 0.2) is 66.7 Å². The third-order valence-corrected chi connectivity index (χ3v) is 5.71. The van der Waals surface area contributed by atoms with Crippen molar-refractivity contribution >= 4 is 17.4 Å². The summed E-state index contributed by atoms with van der Waals surface area (Å²) in [6, 6.07) is 23.8. The molecular formula is C27H28N4O. The number of benzene rings is 3. The molecule has 4 rings (SSSR count). The minimum atomic E-state index is -0.315. The predicted molar refractivity (Wildman–Crippen MR) is 128 cm³/mol. The molecule has 5 heteroatoms. The average molecular weight is 425 g/mol. The summed E-state index contributed by atoms with van der Waals surface area (Å²) in [5, 5.41) is 15.1. The summed E-state index contributed by atoms with van der Waals surface area (Å²) in [6.45, 7) is 8.92. The Labute approximate surface area is 189 Å². The van der Waals surface area contributed by atoms with Crippen LogP contribution in [-0.4, -0.2) is 10.9 Å². The third-order valence-electron chi connectivity index (χ3n) is 5.71. The smallest absolute Gasteiger partial charge is 0.308 e. The van der Waals surface area contributed by atoms with E-state index in [1.165, 1.54) is 16.7 Å². The Morgan fingerprint density at radius 3 is 2.44 bits per heavy atom. The van der Waals surface area contributed by atoms with Crippen molar-refractivity contribution in [2.24, 2.45) is 0 Å². The molecule has 2 amide bonds.